The summed E-state index contributed by atoms with van der Waals surface area (Å²) in [6, 6.07) is 6.69. The lowest BCUT2D eigenvalue weighted by atomic mass is 9.87. The van der Waals surface area contributed by atoms with E-state index in [1.54, 1.807) is 0 Å². The van der Waals surface area contributed by atoms with Crippen LogP contribution >= 0.6 is 11.8 Å². The van der Waals surface area contributed by atoms with E-state index in [2.05, 4.69) is 44.7 Å². The summed E-state index contributed by atoms with van der Waals surface area (Å²) in [4.78, 5) is 15.0. The van der Waals surface area contributed by atoms with E-state index in [0.29, 0.717) is 23.3 Å². The number of hydrogen-bond donors (Lipinski definition) is 0. The monoisotopic (exact) mass is 289 g/mol. The molecule has 2 heterocycles. The van der Waals surface area contributed by atoms with Gasteiger partial charge < -0.3 is 4.90 Å². The number of thioether (sulfide) groups is 1. The maximum Gasteiger partial charge on any atom is 0.255 e. The van der Waals surface area contributed by atoms with Gasteiger partial charge in [0.2, 0.25) is 0 Å². The van der Waals surface area contributed by atoms with Gasteiger partial charge in [-0.25, -0.2) is 0 Å². The first-order chi connectivity index (χ1) is 9.49. The van der Waals surface area contributed by atoms with Gasteiger partial charge in [0.25, 0.3) is 5.91 Å². The van der Waals surface area contributed by atoms with Crippen LogP contribution in [-0.4, -0.2) is 28.0 Å². The van der Waals surface area contributed by atoms with Crippen LogP contribution in [0.4, 0.5) is 0 Å². The molecule has 2 nitrogen and oxygen atoms in total. The Kier molecular flexibility index (Phi) is 3.57. The lowest BCUT2D eigenvalue weighted by Gasteiger charge is -2.39. The molecule has 0 unspecified atom stereocenters. The third-order valence-electron chi connectivity index (χ3n) is 4.46. The Morgan fingerprint density at radius 2 is 2.15 bits per heavy atom. The molecule has 1 fully saturated rings. The van der Waals surface area contributed by atoms with Gasteiger partial charge in [0.05, 0.1) is 5.37 Å². The molecule has 108 valence electrons. The zero-order chi connectivity index (χ0) is 14.4. The summed E-state index contributed by atoms with van der Waals surface area (Å²) >= 11 is 1.96. The molecule has 1 aromatic carbocycles. The van der Waals surface area contributed by atoms with Gasteiger partial charge in [-0.1, -0.05) is 38.5 Å². The second-order valence-electron chi connectivity index (χ2n) is 6.60. The minimum Gasteiger partial charge on any atom is -0.322 e. The number of hydrogen-bond acceptors (Lipinski definition) is 2. The zero-order valence-corrected chi connectivity index (χ0v) is 13.5. The number of nitrogens with zero attached hydrogens (tertiary/aromatic N) is 1. The van der Waals surface area contributed by atoms with Crippen molar-refractivity contribution in [1.29, 1.82) is 0 Å². The summed E-state index contributed by atoms with van der Waals surface area (Å²) in [6.07, 6.45) is 1.11. The highest BCUT2D eigenvalue weighted by molar-refractivity contribution is 8.00. The minimum absolute atomic E-state index is 0.249. The van der Waals surface area contributed by atoms with Gasteiger partial charge in [-0.2, -0.15) is 0 Å². The van der Waals surface area contributed by atoms with E-state index in [-0.39, 0.29) is 5.91 Å². The number of aryl methyl sites for hydroxylation is 1. The van der Waals surface area contributed by atoms with E-state index in [1.807, 2.05) is 17.8 Å². The highest BCUT2D eigenvalue weighted by Crippen LogP contribution is 2.45. The molecule has 0 radical (unpaired) electrons. The third kappa shape index (κ3) is 2.16. The SMILES string of the molecule is Cc1ccc2c(c1)[C@@H](C)[C@@H]1SC[C@H](CC(C)C)N1C2=O. The van der Waals surface area contributed by atoms with Crippen LogP contribution in [0.5, 0.6) is 0 Å². The zero-order valence-electron chi connectivity index (χ0n) is 12.7. The summed E-state index contributed by atoms with van der Waals surface area (Å²) in [5.41, 5.74) is 3.42. The quantitative estimate of drug-likeness (QED) is 0.819. The second-order valence-corrected chi connectivity index (χ2v) is 7.75. The Morgan fingerprint density at radius 1 is 1.40 bits per heavy atom. The van der Waals surface area contributed by atoms with Crippen molar-refractivity contribution in [1.82, 2.24) is 4.90 Å². The van der Waals surface area contributed by atoms with Gasteiger partial charge in [0.15, 0.2) is 0 Å². The Bertz CT molecular complexity index is 540. The van der Waals surface area contributed by atoms with Gasteiger partial charge in [0.1, 0.15) is 0 Å². The number of carbonyl (C=O) groups is 1. The van der Waals surface area contributed by atoms with Crippen molar-refractivity contribution >= 4 is 17.7 Å². The molecular formula is C17H23NOS. The Hall–Kier alpha value is -0.960. The highest BCUT2D eigenvalue weighted by Gasteiger charge is 2.45. The predicted octanol–water partition coefficient (Wildman–Crippen LogP) is 4.04. The fourth-order valence-electron chi connectivity index (χ4n) is 3.52. The Morgan fingerprint density at radius 3 is 2.85 bits per heavy atom. The van der Waals surface area contributed by atoms with Gasteiger partial charge in [0, 0.05) is 23.3 Å². The lowest BCUT2D eigenvalue weighted by molar-refractivity contribution is 0.0632. The fourth-order valence-corrected chi connectivity index (χ4v) is 5.10. The van der Waals surface area contributed by atoms with Crippen LogP contribution in [0, 0.1) is 12.8 Å². The molecule has 2 aliphatic heterocycles. The van der Waals surface area contributed by atoms with Gasteiger partial charge in [-0.3, -0.25) is 4.79 Å². The molecule has 3 rings (SSSR count). The largest absolute Gasteiger partial charge is 0.322 e. The van der Waals surface area contributed by atoms with Crippen LogP contribution in [0.1, 0.15) is 54.6 Å². The topological polar surface area (TPSA) is 20.3 Å². The number of fused-ring (bicyclic) bond motifs is 2. The number of amides is 1. The number of benzene rings is 1. The molecule has 0 bridgehead atoms. The highest BCUT2D eigenvalue weighted by atomic mass is 32.2. The van der Waals surface area contributed by atoms with E-state index >= 15 is 0 Å². The molecule has 3 heteroatoms. The summed E-state index contributed by atoms with van der Waals surface area (Å²) < 4.78 is 0. The molecule has 1 aromatic rings. The summed E-state index contributed by atoms with van der Waals surface area (Å²) in [7, 11) is 0. The van der Waals surface area contributed by atoms with Gasteiger partial charge in [-0.05, 0) is 30.9 Å². The molecule has 0 saturated carbocycles. The maximum atomic E-state index is 12.9. The molecule has 20 heavy (non-hydrogen) atoms. The van der Waals surface area contributed by atoms with E-state index in [4.69, 9.17) is 0 Å². The smallest absolute Gasteiger partial charge is 0.255 e. The lowest BCUT2D eigenvalue weighted by Crippen LogP contribution is -2.47. The molecule has 0 aliphatic carbocycles. The van der Waals surface area contributed by atoms with Crippen molar-refractivity contribution in [2.75, 3.05) is 5.75 Å². The van der Waals surface area contributed by atoms with Crippen LogP contribution in [0.3, 0.4) is 0 Å². The van der Waals surface area contributed by atoms with E-state index in [1.165, 1.54) is 11.1 Å². The molecule has 0 aromatic heterocycles. The van der Waals surface area contributed by atoms with Crippen LogP contribution in [0.15, 0.2) is 18.2 Å². The summed E-state index contributed by atoms with van der Waals surface area (Å²) in [5.74, 6) is 2.41. The Balaban J connectivity index is 1.99. The summed E-state index contributed by atoms with van der Waals surface area (Å²) in [5, 5.41) is 0.334. The fraction of sp³-hybridized carbons (Fsp3) is 0.588. The van der Waals surface area contributed by atoms with Gasteiger partial charge in [-0.15, -0.1) is 11.8 Å². The van der Waals surface area contributed by atoms with Crippen molar-refractivity contribution < 1.29 is 4.79 Å². The van der Waals surface area contributed by atoms with Crippen molar-refractivity contribution in [2.45, 2.75) is 51.4 Å². The minimum atomic E-state index is 0.249. The molecule has 0 spiro atoms. The first-order valence-electron chi connectivity index (χ1n) is 7.54. The molecule has 1 saturated heterocycles. The molecule has 0 N–H and O–H groups in total. The van der Waals surface area contributed by atoms with Gasteiger partial charge >= 0.3 is 0 Å². The Labute approximate surface area is 125 Å². The average Bonchev–Trinajstić information content (AvgIpc) is 2.79. The molecular weight excluding hydrogens is 266 g/mol. The van der Waals surface area contributed by atoms with Crippen LogP contribution in [-0.2, 0) is 0 Å². The van der Waals surface area contributed by atoms with Crippen molar-refractivity contribution in [3.8, 4) is 0 Å². The van der Waals surface area contributed by atoms with Crippen LogP contribution < -0.4 is 0 Å². The third-order valence-corrected chi connectivity index (χ3v) is 6.01. The first-order valence-corrected chi connectivity index (χ1v) is 8.58. The molecule has 2 aliphatic rings. The second kappa shape index (κ2) is 5.10. The van der Waals surface area contributed by atoms with Crippen LogP contribution in [0.25, 0.3) is 0 Å². The van der Waals surface area contributed by atoms with Crippen molar-refractivity contribution in [3.63, 3.8) is 0 Å². The predicted molar refractivity (Wildman–Crippen MR) is 85.3 cm³/mol. The number of rotatable bonds is 2. The summed E-state index contributed by atoms with van der Waals surface area (Å²) in [6.45, 7) is 8.86. The van der Waals surface area contributed by atoms with E-state index in [9.17, 15) is 4.79 Å². The average molecular weight is 289 g/mol. The van der Waals surface area contributed by atoms with Crippen molar-refractivity contribution in [3.05, 3.63) is 34.9 Å². The van der Waals surface area contributed by atoms with E-state index < -0.39 is 0 Å². The molecule has 3 atom stereocenters. The van der Waals surface area contributed by atoms with E-state index in [0.717, 1.165) is 17.7 Å². The molecule has 1 amide bonds. The normalized spacial score (nSPS) is 28.8. The maximum absolute atomic E-state index is 12.9. The van der Waals surface area contributed by atoms with Crippen LogP contribution in [0.2, 0.25) is 0 Å². The number of carbonyl (C=O) groups excluding carboxylic acids is 1. The van der Waals surface area contributed by atoms with Crippen molar-refractivity contribution in [2.24, 2.45) is 5.92 Å². The standard InChI is InChI=1S/C17H23NOS/c1-10(2)7-13-9-20-17-12(4)15-8-11(3)5-6-14(15)16(19)18(13)17/h5-6,8,10,12-13,17H,7,9H2,1-4H3/t12-,13+,17+/m1/s1. The first kappa shape index (κ1) is 14.0.